The summed E-state index contributed by atoms with van der Waals surface area (Å²) in [6.07, 6.45) is 0. The molecule has 0 bridgehead atoms. The van der Waals surface area contributed by atoms with Crippen LogP contribution < -0.4 is 19.9 Å². The van der Waals surface area contributed by atoms with Crippen LogP contribution in [-0.2, 0) is 16.1 Å². The molecule has 7 nitrogen and oxygen atoms in total. The molecule has 2 saturated heterocycles. The Kier molecular flexibility index (Phi) is 7.46. The molecule has 3 aromatic rings. The first kappa shape index (κ1) is 23.2. The van der Waals surface area contributed by atoms with Crippen molar-refractivity contribution in [2.24, 2.45) is 0 Å². The molecule has 0 unspecified atom stereocenters. The number of amides is 1. The van der Waals surface area contributed by atoms with Crippen molar-refractivity contribution in [3.05, 3.63) is 83.9 Å². The minimum atomic E-state index is -0.147. The second kappa shape index (κ2) is 11.3. The molecular formula is C28H31N3O4. The summed E-state index contributed by atoms with van der Waals surface area (Å²) in [5.41, 5.74) is 4.40. The van der Waals surface area contributed by atoms with Crippen LogP contribution in [0.25, 0.3) is 0 Å². The molecule has 182 valence electrons. The van der Waals surface area contributed by atoms with Gasteiger partial charge in [-0.2, -0.15) is 0 Å². The molecule has 7 heteroatoms. The summed E-state index contributed by atoms with van der Waals surface area (Å²) in [6, 6.07) is 23.5. The molecule has 2 aliphatic rings. The van der Waals surface area contributed by atoms with Gasteiger partial charge in [-0.15, -0.1) is 0 Å². The van der Waals surface area contributed by atoms with Crippen molar-refractivity contribution in [3.63, 3.8) is 0 Å². The van der Waals surface area contributed by atoms with Gasteiger partial charge in [0.25, 0.3) is 5.91 Å². The Morgan fingerprint density at radius 3 is 2.20 bits per heavy atom. The average molecular weight is 474 g/mol. The number of ether oxygens (including phenoxy) is 3. The number of para-hydroxylation sites is 1. The van der Waals surface area contributed by atoms with Gasteiger partial charge in [-0.1, -0.05) is 36.4 Å². The van der Waals surface area contributed by atoms with Crippen molar-refractivity contribution in [1.29, 1.82) is 0 Å². The van der Waals surface area contributed by atoms with Gasteiger partial charge in [-0.3, -0.25) is 4.79 Å². The Morgan fingerprint density at radius 1 is 0.800 bits per heavy atom. The highest BCUT2D eigenvalue weighted by molar-refractivity contribution is 6.07. The molecule has 1 amide bonds. The van der Waals surface area contributed by atoms with Gasteiger partial charge in [-0.25, -0.2) is 0 Å². The number of nitrogens with one attached hydrogen (secondary N) is 1. The van der Waals surface area contributed by atoms with E-state index in [-0.39, 0.29) is 5.91 Å². The van der Waals surface area contributed by atoms with Gasteiger partial charge in [0.1, 0.15) is 12.4 Å². The number of carbonyl (C=O) groups excluding carboxylic acids is 1. The standard InChI is InChI=1S/C28H31N3O4/c32-28(25-9-5-4-6-22(25)21-35-24-7-2-1-3-8-24)29-26-11-10-23(30-12-16-33-17-13-30)20-27(26)31-14-18-34-19-15-31/h1-11,20H,12-19,21H2,(H,29,32). The first-order valence-corrected chi connectivity index (χ1v) is 12.1. The molecule has 0 radical (unpaired) electrons. The summed E-state index contributed by atoms with van der Waals surface area (Å²) in [6.45, 7) is 6.43. The lowest BCUT2D eigenvalue weighted by Gasteiger charge is -2.33. The van der Waals surface area contributed by atoms with Gasteiger partial charge in [0.2, 0.25) is 0 Å². The summed E-state index contributed by atoms with van der Waals surface area (Å²) in [4.78, 5) is 18.0. The monoisotopic (exact) mass is 473 g/mol. The molecule has 0 aromatic heterocycles. The van der Waals surface area contributed by atoms with Crippen LogP contribution in [-0.4, -0.2) is 58.5 Å². The quantitative estimate of drug-likeness (QED) is 0.555. The molecule has 2 fully saturated rings. The fraction of sp³-hybridized carbons (Fsp3) is 0.321. The molecule has 0 spiro atoms. The third-order valence-corrected chi connectivity index (χ3v) is 6.36. The first-order chi connectivity index (χ1) is 17.3. The van der Waals surface area contributed by atoms with E-state index in [1.165, 1.54) is 0 Å². The van der Waals surface area contributed by atoms with Gasteiger partial charge < -0.3 is 29.3 Å². The lowest BCUT2D eigenvalue weighted by molar-refractivity contribution is 0.102. The van der Waals surface area contributed by atoms with E-state index in [0.717, 1.165) is 67.8 Å². The predicted molar refractivity (Wildman–Crippen MR) is 138 cm³/mol. The Hall–Kier alpha value is -3.55. The van der Waals surface area contributed by atoms with Crippen LogP contribution in [0, 0.1) is 0 Å². The number of nitrogens with zero attached hydrogens (tertiary/aromatic N) is 2. The number of carbonyl (C=O) groups is 1. The van der Waals surface area contributed by atoms with Gasteiger partial charge in [0.15, 0.2) is 0 Å². The lowest BCUT2D eigenvalue weighted by Crippen LogP contribution is -2.38. The zero-order valence-corrected chi connectivity index (χ0v) is 19.8. The van der Waals surface area contributed by atoms with E-state index < -0.39 is 0 Å². The van der Waals surface area contributed by atoms with Crippen LogP contribution in [0.5, 0.6) is 5.75 Å². The van der Waals surface area contributed by atoms with Gasteiger partial charge >= 0.3 is 0 Å². The molecule has 0 aliphatic carbocycles. The second-order valence-corrected chi connectivity index (χ2v) is 8.61. The number of morpholine rings is 2. The van der Waals surface area contributed by atoms with Crippen molar-refractivity contribution in [2.75, 3.05) is 67.7 Å². The van der Waals surface area contributed by atoms with Crippen LogP contribution in [0.15, 0.2) is 72.8 Å². The molecule has 3 aromatic carbocycles. The van der Waals surface area contributed by atoms with Crippen molar-refractivity contribution < 1.29 is 19.0 Å². The third kappa shape index (κ3) is 5.75. The van der Waals surface area contributed by atoms with E-state index in [9.17, 15) is 4.79 Å². The van der Waals surface area contributed by atoms with Gasteiger partial charge in [-0.05, 0) is 36.4 Å². The second-order valence-electron chi connectivity index (χ2n) is 8.61. The van der Waals surface area contributed by atoms with Gasteiger partial charge in [0, 0.05) is 43.0 Å². The highest BCUT2D eigenvalue weighted by Gasteiger charge is 2.21. The summed E-state index contributed by atoms with van der Waals surface area (Å²) in [5, 5.41) is 3.17. The molecule has 0 saturated carbocycles. The number of hydrogen-bond donors (Lipinski definition) is 1. The molecule has 2 heterocycles. The Morgan fingerprint density at radius 2 is 1.46 bits per heavy atom. The van der Waals surface area contributed by atoms with E-state index in [0.29, 0.717) is 25.4 Å². The molecular weight excluding hydrogens is 442 g/mol. The average Bonchev–Trinajstić information content (AvgIpc) is 2.94. The smallest absolute Gasteiger partial charge is 0.256 e. The van der Waals surface area contributed by atoms with Gasteiger partial charge in [0.05, 0.1) is 37.8 Å². The summed E-state index contributed by atoms with van der Waals surface area (Å²) in [5.74, 6) is 0.627. The summed E-state index contributed by atoms with van der Waals surface area (Å²) in [7, 11) is 0. The summed E-state index contributed by atoms with van der Waals surface area (Å²) < 4.78 is 17.0. The highest BCUT2D eigenvalue weighted by Crippen LogP contribution is 2.33. The normalized spacial score (nSPS) is 16.1. The van der Waals surface area contributed by atoms with E-state index >= 15 is 0 Å². The number of anilines is 3. The van der Waals surface area contributed by atoms with Crippen LogP contribution >= 0.6 is 0 Å². The maximum absolute atomic E-state index is 13.4. The SMILES string of the molecule is O=C(Nc1ccc(N2CCOCC2)cc1N1CCOCC1)c1ccccc1COc1ccccc1. The predicted octanol–water partition coefficient (Wildman–Crippen LogP) is 4.19. The topological polar surface area (TPSA) is 63.3 Å². The molecule has 0 atom stereocenters. The Labute approximate surface area is 206 Å². The van der Waals surface area contributed by atoms with Crippen LogP contribution in [0.4, 0.5) is 17.1 Å². The zero-order chi connectivity index (χ0) is 23.9. The highest BCUT2D eigenvalue weighted by atomic mass is 16.5. The maximum Gasteiger partial charge on any atom is 0.256 e. The van der Waals surface area contributed by atoms with Crippen molar-refractivity contribution in [2.45, 2.75) is 6.61 Å². The minimum Gasteiger partial charge on any atom is -0.489 e. The van der Waals surface area contributed by atoms with E-state index in [4.69, 9.17) is 14.2 Å². The molecule has 35 heavy (non-hydrogen) atoms. The van der Waals surface area contributed by atoms with Crippen molar-refractivity contribution in [1.82, 2.24) is 0 Å². The first-order valence-electron chi connectivity index (χ1n) is 12.1. The Bertz CT molecular complexity index is 1130. The van der Waals surface area contributed by atoms with E-state index in [1.807, 2.05) is 60.7 Å². The van der Waals surface area contributed by atoms with Crippen LogP contribution in [0.1, 0.15) is 15.9 Å². The molecule has 5 rings (SSSR count). The Balaban J connectivity index is 1.37. The van der Waals surface area contributed by atoms with Crippen molar-refractivity contribution in [3.8, 4) is 5.75 Å². The minimum absolute atomic E-state index is 0.147. The van der Waals surface area contributed by atoms with Crippen molar-refractivity contribution >= 4 is 23.0 Å². The lowest BCUT2D eigenvalue weighted by atomic mass is 10.1. The largest absolute Gasteiger partial charge is 0.489 e. The zero-order valence-electron chi connectivity index (χ0n) is 19.8. The molecule has 2 aliphatic heterocycles. The number of rotatable bonds is 7. The fourth-order valence-electron chi connectivity index (χ4n) is 4.45. The summed E-state index contributed by atoms with van der Waals surface area (Å²) >= 11 is 0. The van der Waals surface area contributed by atoms with E-state index in [2.05, 4.69) is 27.2 Å². The fourth-order valence-corrected chi connectivity index (χ4v) is 4.45. The maximum atomic E-state index is 13.4. The van der Waals surface area contributed by atoms with Crippen LogP contribution in [0.3, 0.4) is 0 Å². The van der Waals surface area contributed by atoms with E-state index in [1.54, 1.807) is 0 Å². The number of hydrogen-bond acceptors (Lipinski definition) is 6. The molecule has 1 N–H and O–H groups in total. The third-order valence-electron chi connectivity index (χ3n) is 6.36. The number of benzene rings is 3. The van der Waals surface area contributed by atoms with Crippen LogP contribution in [0.2, 0.25) is 0 Å².